The SMILES string of the molecule is COC1CC(NC(C)c2nc3ccccc3[nH]2)C1. The summed E-state index contributed by atoms with van der Waals surface area (Å²) in [7, 11) is 1.78. The van der Waals surface area contributed by atoms with E-state index in [1.165, 1.54) is 0 Å². The Hall–Kier alpha value is -1.39. The molecule has 1 heterocycles. The minimum atomic E-state index is 0.250. The van der Waals surface area contributed by atoms with Gasteiger partial charge < -0.3 is 15.0 Å². The van der Waals surface area contributed by atoms with Gasteiger partial charge in [-0.05, 0) is 31.9 Å². The molecule has 18 heavy (non-hydrogen) atoms. The first-order valence-electron chi connectivity index (χ1n) is 6.49. The van der Waals surface area contributed by atoms with Crippen molar-refractivity contribution in [1.82, 2.24) is 15.3 Å². The number of aromatic nitrogens is 2. The molecule has 1 aliphatic carbocycles. The number of para-hydroxylation sites is 2. The number of H-pyrrole nitrogens is 1. The number of ether oxygens (including phenoxy) is 1. The van der Waals surface area contributed by atoms with Gasteiger partial charge in [-0.15, -0.1) is 0 Å². The van der Waals surface area contributed by atoms with Crippen LogP contribution in [0.3, 0.4) is 0 Å². The zero-order chi connectivity index (χ0) is 12.5. The van der Waals surface area contributed by atoms with Crippen LogP contribution in [0, 0.1) is 0 Å². The van der Waals surface area contributed by atoms with E-state index in [2.05, 4.69) is 28.3 Å². The highest BCUT2D eigenvalue weighted by molar-refractivity contribution is 5.74. The van der Waals surface area contributed by atoms with Crippen molar-refractivity contribution in [3.05, 3.63) is 30.1 Å². The molecular formula is C14H19N3O. The summed E-state index contributed by atoms with van der Waals surface area (Å²) in [6.07, 6.45) is 2.63. The molecule has 0 aliphatic heterocycles. The van der Waals surface area contributed by atoms with Crippen molar-refractivity contribution < 1.29 is 4.74 Å². The molecular weight excluding hydrogens is 226 g/mol. The number of hydrogen-bond donors (Lipinski definition) is 2. The van der Waals surface area contributed by atoms with Crippen molar-refractivity contribution in [3.8, 4) is 0 Å². The van der Waals surface area contributed by atoms with Crippen LogP contribution in [0.25, 0.3) is 11.0 Å². The summed E-state index contributed by atoms with van der Waals surface area (Å²) >= 11 is 0. The summed E-state index contributed by atoms with van der Waals surface area (Å²) in [5, 5.41) is 3.58. The van der Waals surface area contributed by atoms with Crippen LogP contribution in [-0.2, 0) is 4.74 Å². The molecule has 0 saturated heterocycles. The lowest BCUT2D eigenvalue weighted by Crippen LogP contribution is -2.46. The Balaban J connectivity index is 1.67. The Morgan fingerprint density at radius 2 is 2.17 bits per heavy atom. The molecule has 1 saturated carbocycles. The molecule has 0 spiro atoms. The van der Waals surface area contributed by atoms with E-state index in [4.69, 9.17) is 4.74 Å². The molecule has 96 valence electrons. The summed E-state index contributed by atoms with van der Waals surface area (Å²) in [6, 6.07) is 8.94. The minimum Gasteiger partial charge on any atom is -0.381 e. The van der Waals surface area contributed by atoms with Crippen LogP contribution in [0.15, 0.2) is 24.3 Å². The second-order valence-corrected chi connectivity index (χ2v) is 5.05. The van der Waals surface area contributed by atoms with Crippen LogP contribution in [0.4, 0.5) is 0 Å². The zero-order valence-electron chi connectivity index (χ0n) is 10.8. The van der Waals surface area contributed by atoms with E-state index in [-0.39, 0.29) is 6.04 Å². The lowest BCUT2D eigenvalue weighted by atomic mass is 9.89. The smallest absolute Gasteiger partial charge is 0.124 e. The first-order valence-corrected chi connectivity index (χ1v) is 6.49. The van der Waals surface area contributed by atoms with Crippen molar-refractivity contribution in [2.45, 2.75) is 38.0 Å². The highest BCUT2D eigenvalue weighted by Crippen LogP contribution is 2.25. The first kappa shape index (κ1) is 11.7. The van der Waals surface area contributed by atoms with Crippen LogP contribution in [0.5, 0.6) is 0 Å². The molecule has 1 atom stereocenters. The molecule has 0 radical (unpaired) electrons. The lowest BCUT2D eigenvalue weighted by Gasteiger charge is -2.36. The summed E-state index contributed by atoms with van der Waals surface area (Å²) in [5.41, 5.74) is 2.13. The van der Waals surface area contributed by atoms with Gasteiger partial charge in [-0.2, -0.15) is 0 Å². The number of nitrogens with zero attached hydrogens (tertiary/aromatic N) is 1. The highest BCUT2D eigenvalue weighted by Gasteiger charge is 2.30. The fourth-order valence-electron chi connectivity index (χ4n) is 2.50. The van der Waals surface area contributed by atoms with E-state index in [9.17, 15) is 0 Å². The van der Waals surface area contributed by atoms with Crippen LogP contribution >= 0.6 is 0 Å². The molecule has 4 nitrogen and oxygen atoms in total. The van der Waals surface area contributed by atoms with Gasteiger partial charge in [0.1, 0.15) is 5.82 Å². The van der Waals surface area contributed by atoms with Gasteiger partial charge >= 0.3 is 0 Å². The maximum absolute atomic E-state index is 5.29. The largest absolute Gasteiger partial charge is 0.381 e. The van der Waals surface area contributed by atoms with Crippen molar-refractivity contribution in [3.63, 3.8) is 0 Å². The Morgan fingerprint density at radius 1 is 1.39 bits per heavy atom. The lowest BCUT2D eigenvalue weighted by molar-refractivity contribution is 0.0145. The summed E-state index contributed by atoms with van der Waals surface area (Å²) in [4.78, 5) is 7.98. The molecule has 4 heteroatoms. The van der Waals surface area contributed by atoms with E-state index in [0.717, 1.165) is 29.7 Å². The minimum absolute atomic E-state index is 0.250. The van der Waals surface area contributed by atoms with Crippen LogP contribution < -0.4 is 5.32 Å². The van der Waals surface area contributed by atoms with Gasteiger partial charge in [0, 0.05) is 13.2 Å². The molecule has 1 aromatic heterocycles. The third-order valence-electron chi connectivity index (χ3n) is 3.73. The van der Waals surface area contributed by atoms with Crippen LogP contribution in [0.2, 0.25) is 0 Å². The van der Waals surface area contributed by atoms with E-state index in [0.29, 0.717) is 12.1 Å². The molecule has 1 unspecified atom stereocenters. The molecule has 0 amide bonds. The normalized spacial score (nSPS) is 25.0. The van der Waals surface area contributed by atoms with Gasteiger partial charge in [0.2, 0.25) is 0 Å². The van der Waals surface area contributed by atoms with Gasteiger partial charge in [-0.25, -0.2) is 4.98 Å². The molecule has 1 fully saturated rings. The van der Waals surface area contributed by atoms with E-state index in [1.54, 1.807) is 7.11 Å². The molecule has 2 aromatic rings. The maximum Gasteiger partial charge on any atom is 0.124 e. The number of aromatic amines is 1. The topological polar surface area (TPSA) is 49.9 Å². The Morgan fingerprint density at radius 3 is 2.89 bits per heavy atom. The quantitative estimate of drug-likeness (QED) is 0.869. The van der Waals surface area contributed by atoms with E-state index >= 15 is 0 Å². The second kappa shape index (κ2) is 4.71. The van der Waals surface area contributed by atoms with Crippen molar-refractivity contribution >= 4 is 11.0 Å². The van der Waals surface area contributed by atoms with Crippen LogP contribution in [-0.4, -0.2) is 29.2 Å². The number of rotatable bonds is 4. The predicted molar refractivity (Wildman–Crippen MR) is 71.5 cm³/mol. The van der Waals surface area contributed by atoms with Crippen molar-refractivity contribution in [2.24, 2.45) is 0 Å². The zero-order valence-corrected chi connectivity index (χ0v) is 10.8. The Bertz CT molecular complexity index is 498. The monoisotopic (exact) mass is 245 g/mol. The third-order valence-corrected chi connectivity index (χ3v) is 3.73. The van der Waals surface area contributed by atoms with Gasteiger partial charge in [-0.3, -0.25) is 0 Å². The standard InChI is InChI=1S/C14H19N3O/c1-9(15-10-7-11(8-10)18-2)14-16-12-5-3-4-6-13(12)17-14/h3-6,9-11,15H,7-8H2,1-2H3,(H,16,17). The van der Waals surface area contributed by atoms with E-state index in [1.807, 2.05) is 18.2 Å². The van der Waals surface area contributed by atoms with Gasteiger partial charge in [0.05, 0.1) is 23.2 Å². The Kier molecular flexibility index (Phi) is 3.06. The van der Waals surface area contributed by atoms with Gasteiger partial charge in [0.25, 0.3) is 0 Å². The number of hydrogen-bond acceptors (Lipinski definition) is 3. The highest BCUT2D eigenvalue weighted by atomic mass is 16.5. The third kappa shape index (κ3) is 2.13. The molecule has 2 N–H and O–H groups in total. The number of fused-ring (bicyclic) bond motifs is 1. The fraction of sp³-hybridized carbons (Fsp3) is 0.500. The molecule has 1 aliphatic rings. The number of nitrogens with one attached hydrogen (secondary N) is 2. The average molecular weight is 245 g/mol. The predicted octanol–water partition coefficient (Wildman–Crippen LogP) is 2.39. The van der Waals surface area contributed by atoms with E-state index < -0.39 is 0 Å². The molecule has 1 aromatic carbocycles. The molecule has 3 rings (SSSR count). The Labute approximate surface area is 107 Å². The number of benzene rings is 1. The van der Waals surface area contributed by atoms with Gasteiger partial charge in [0.15, 0.2) is 0 Å². The number of imidazole rings is 1. The summed E-state index contributed by atoms with van der Waals surface area (Å²) in [5.74, 6) is 1.01. The summed E-state index contributed by atoms with van der Waals surface area (Å²) < 4.78 is 5.29. The fourth-order valence-corrected chi connectivity index (χ4v) is 2.50. The van der Waals surface area contributed by atoms with Crippen LogP contribution in [0.1, 0.15) is 31.6 Å². The summed E-state index contributed by atoms with van der Waals surface area (Å²) in [6.45, 7) is 2.15. The average Bonchev–Trinajstić information content (AvgIpc) is 2.76. The molecule has 0 bridgehead atoms. The van der Waals surface area contributed by atoms with Crippen molar-refractivity contribution in [2.75, 3.05) is 7.11 Å². The first-order chi connectivity index (χ1) is 8.76. The van der Waals surface area contributed by atoms with Gasteiger partial charge in [-0.1, -0.05) is 12.1 Å². The van der Waals surface area contributed by atoms with Crippen molar-refractivity contribution in [1.29, 1.82) is 0 Å². The second-order valence-electron chi connectivity index (χ2n) is 5.05. The maximum atomic E-state index is 5.29. The number of methoxy groups -OCH3 is 1.